The highest BCUT2D eigenvalue weighted by Gasteiger charge is 2.33. The molecule has 6 N–H and O–H groups in total. The van der Waals surface area contributed by atoms with Gasteiger partial charge < -0.3 is 44.8 Å². The first-order valence-corrected chi connectivity index (χ1v) is 15.6. The molecule has 4 aromatic rings. The maximum atomic E-state index is 11.2. The van der Waals surface area contributed by atoms with Gasteiger partial charge in [0.25, 0.3) is 0 Å². The summed E-state index contributed by atoms with van der Waals surface area (Å²) in [5, 5.41) is 31.0. The largest absolute Gasteiger partial charge is 0.494 e. The average molecular weight is 608 g/mol. The molecule has 0 unspecified atom stereocenters. The van der Waals surface area contributed by atoms with Crippen LogP contribution in [0, 0.1) is 5.92 Å². The van der Waals surface area contributed by atoms with Crippen LogP contribution in [0.3, 0.4) is 0 Å². The number of hydrogen-bond donors (Lipinski definition) is 5. The second-order valence-electron chi connectivity index (χ2n) is 12.3. The summed E-state index contributed by atoms with van der Waals surface area (Å²) in [5.74, 6) is 0.734. The Labute approximate surface area is 257 Å². The monoisotopic (exact) mass is 607 g/mol. The van der Waals surface area contributed by atoms with Crippen molar-refractivity contribution in [3.05, 3.63) is 60.0 Å². The van der Waals surface area contributed by atoms with Crippen LogP contribution in [0.25, 0.3) is 21.9 Å². The number of aromatic carboxylic acids is 1. The van der Waals surface area contributed by atoms with E-state index in [9.17, 15) is 15.0 Å². The topological polar surface area (TPSA) is 154 Å². The number of H-pyrrole nitrogens is 1. The lowest BCUT2D eigenvalue weighted by atomic mass is 9.80. The highest BCUT2D eigenvalue weighted by Crippen LogP contribution is 2.32. The molecule has 1 saturated heterocycles. The van der Waals surface area contributed by atoms with E-state index < -0.39 is 11.6 Å². The number of likely N-dealkylation sites (tertiary alicyclic amines) is 1. The van der Waals surface area contributed by atoms with Gasteiger partial charge in [-0.15, -0.1) is 0 Å². The zero-order valence-electron chi connectivity index (χ0n) is 25.6. The summed E-state index contributed by atoms with van der Waals surface area (Å²) in [6.45, 7) is 7.81. The highest BCUT2D eigenvalue weighted by molar-refractivity contribution is 5.96. The first-order valence-electron chi connectivity index (χ1n) is 15.6. The van der Waals surface area contributed by atoms with Crippen LogP contribution in [0.15, 0.2) is 53.1 Å². The van der Waals surface area contributed by atoms with Crippen molar-refractivity contribution in [1.82, 2.24) is 9.88 Å². The number of ether oxygens (including phenoxy) is 2. The molecule has 2 fully saturated rings. The van der Waals surface area contributed by atoms with Gasteiger partial charge in [0.1, 0.15) is 29.4 Å². The van der Waals surface area contributed by atoms with Crippen LogP contribution in [0.2, 0.25) is 0 Å². The number of benzene rings is 2. The van der Waals surface area contributed by atoms with E-state index in [1.807, 2.05) is 43.3 Å². The number of aromatic nitrogens is 1. The molecule has 0 bridgehead atoms. The van der Waals surface area contributed by atoms with Crippen LogP contribution in [0.5, 0.6) is 11.5 Å². The third-order valence-corrected chi connectivity index (χ3v) is 8.97. The van der Waals surface area contributed by atoms with Crippen molar-refractivity contribution >= 4 is 27.8 Å². The number of carbonyl (C=O) groups is 1. The molecule has 3 heterocycles. The number of nitrogens with two attached hydrogens (primary N) is 1. The lowest BCUT2D eigenvalue weighted by molar-refractivity contribution is -0.0252. The molecule has 0 spiro atoms. The van der Waals surface area contributed by atoms with E-state index in [4.69, 9.17) is 24.7 Å². The van der Waals surface area contributed by atoms with Crippen LogP contribution in [-0.4, -0.2) is 75.2 Å². The molecule has 44 heavy (non-hydrogen) atoms. The second-order valence-corrected chi connectivity index (χ2v) is 12.3. The number of aliphatic hydroxyl groups excluding tert-OH is 1. The molecular formula is C34H45N3O7. The smallest absolute Gasteiger partial charge is 0.352 e. The number of furan rings is 1. The van der Waals surface area contributed by atoms with E-state index >= 15 is 0 Å². The predicted octanol–water partition coefficient (Wildman–Crippen LogP) is 5.30. The molecule has 2 aliphatic rings. The summed E-state index contributed by atoms with van der Waals surface area (Å²) in [7, 11) is 0. The van der Waals surface area contributed by atoms with Crippen molar-refractivity contribution in [1.29, 1.82) is 0 Å². The normalized spacial score (nSPS) is 24.2. The highest BCUT2D eigenvalue weighted by atomic mass is 16.5. The van der Waals surface area contributed by atoms with E-state index in [-0.39, 0.29) is 17.8 Å². The minimum atomic E-state index is -1.00. The molecular weight excluding hydrogens is 562 g/mol. The Balaban J connectivity index is 0.000000187. The minimum Gasteiger partial charge on any atom is -0.494 e. The maximum Gasteiger partial charge on any atom is 0.352 e. The third-order valence-electron chi connectivity index (χ3n) is 8.97. The van der Waals surface area contributed by atoms with Crippen LogP contribution in [0.4, 0.5) is 0 Å². The maximum absolute atomic E-state index is 11.2. The van der Waals surface area contributed by atoms with E-state index in [1.165, 1.54) is 0 Å². The quantitative estimate of drug-likeness (QED) is 0.170. The fourth-order valence-electron chi connectivity index (χ4n) is 6.17. The van der Waals surface area contributed by atoms with Gasteiger partial charge in [-0.2, -0.15) is 0 Å². The number of carboxylic acids is 1. The van der Waals surface area contributed by atoms with Crippen LogP contribution < -0.4 is 15.2 Å². The fraction of sp³-hybridized carbons (Fsp3) is 0.500. The van der Waals surface area contributed by atoms with Crippen molar-refractivity contribution in [3.8, 4) is 11.5 Å². The second kappa shape index (κ2) is 14.0. The summed E-state index contributed by atoms with van der Waals surface area (Å²) < 4.78 is 17.0. The molecule has 2 aromatic heterocycles. The first kappa shape index (κ1) is 31.8. The summed E-state index contributed by atoms with van der Waals surface area (Å²) in [6, 6.07) is 13.0. The third kappa shape index (κ3) is 7.74. The number of hydrogen-bond acceptors (Lipinski definition) is 8. The Morgan fingerprint density at radius 1 is 1.14 bits per heavy atom. The van der Waals surface area contributed by atoms with E-state index in [0.717, 1.165) is 91.3 Å². The van der Waals surface area contributed by atoms with Crippen LogP contribution >= 0.6 is 0 Å². The molecule has 0 radical (unpaired) electrons. The van der Waals surface area contributed by atoms with Gasteiger partial charge in [0.15, 0.2) is 0 Å². The molecule has 10 nitrogen and oxygen atoms in total. The summed E-state index contributed by atoms with van der Waals surface area (Å²) in [6.07, 6.45) is 6.84. The fourth-order valence-corrected chi connectivity index (χ4v) is 6.17. The zero-order chi connectivity index (χ0) is 31.3. The molecule has 6 rings (SSSR count). The Bertz CT molecular complexity index is 1540. The number of aliphatic hydroxyl groups is 2. The zero-order valence-corrected chi connectivity index (χ0v) is 25.6. The molecule has 1 saturated carbocycles. The van der Waals surface area contributed by atoms with Gasteiger partial charge in [-0.25, -0.2) is 4.79 Å². The Morgan fingerprint density at radius 3 is 2.66 bits per heavy atom. The molecule has 1 aliphatic carbocycles. The first-order chi connectivity index (χ1) is 21.1. The van der Waals surface area contributed by atoms with Gasteiger partial charge in [-0.3, -0.25) is 0 Å². The Kier molecular flexibility index (Phi) is 10.2. The molecule has 2 atom stereocenters. The van der Waals surface area contributed by atoms with Crippen molar-refractivity contribution in [2.45, 2.75) is 76.7 Å². The van der Waals surface area contributed by atoms with Crippen molar-refractivity contribution in [2.75, 3.05) is 26.2 Å². The number of rotatable bonds is 9. The summed E-state index contributed by atoms with van der Waals surface area (Å²) in [5.41, 5.74) is 7.89. The van der Waals surface area contributed by atoms with Crippen molar-refractivity contribution in [2.24, 2.45) is 11.7 Å². The lowest BCUT2D eigenvalue weighted by Crippen LogP contribution is -2.45. The van der Waals surface area contributed by atoms with Crippen molar-refractivity contribution in [3.63, 3.8) is 0 Å². The summed E-state index contributed by atoms with van der Waals surface area (Å²) in [4.78, 5) is 16.4. The van der Waals surface area contributed by atoms with Crippen LogP contribution in [0.1, 0.15) is 68.4 Å². The molecule has 238 valence electrons. The van der Waals surface area contributed by atoms with E-state index in [2.05, 4.69) is 16.8 Å². The number of nitrogens with one attached hydrogen (secondary N) is 1. The number of aromatic amines is 1. The number of piperidine rings is 1. The SMILES string of the molecule is CCOc1ccc2c(COc3cccc4[nH]c(C(=O)O)cc34)coc2c1.C[C@H]1CN(CCC2(O)CCC(N)CC2)CC[C@@H]1O. The molecule has 2 aromatic carbocycles. The molecule has 1 aliphatic heterocycles. The predicted molar refractivity (Wildman–Crippen MR) is 169 cm³/mol. The average Bonchev–Trinajstić information content (AvgIpc) is 3.64. The number of fused-ring (bicyclic) bond motifs is 2. The van der Waals surface area contributed by atoms with Gasteiger partial charge in [0.05, 0.1) is 24.6 Å². The van der Waals surface area contributed by atoms with Gasteiger partial charge in [0.2, 0.25) is 0 Å². The van der Waals surface area contributed by atoms with E-state index in [0.29, 0.717) is 24.9 Å². The lowest BCUT2D eigenvalue weighted by Gasteiger charge is -2.39. The van der Waals surface area contributed by atoms with Crippen LogP contribution in [-0.2, 0) is 6.61 Å². The van der Waals surface area contributed by atoms with Gasteiger partial charge >= 0.3 is 5.97 Å². The standard InChI is InChI=1S/C20H17NO5.C14H28N2O2/c1-2-24-13-6-7-14-12(11-26-19(14)8-13)10-25-18-5-3-4-16-15(18)9-17(21-16)20(22)23;1-11-10-16(8-4-13(11)17)9-7-14(18)5-2-12(15)3-6-14/h3-9,11,21H,2,10H2,1H3,(H,22,23);11-13,17-18H,2-10,15H2,1H3/t;11-,12?,13-,14?/m.0/s1. The van der Waals surface area contributed by atoms with Crippen molar-refractivity contribution < 1.29 is 34.0 Å². The Morgan fingerprint density at radius 2 is 1.93 bits per heavy atom. The van der Waals surface area contributed by atoms with E-state index in [1.54, 1.807) is 12.3 Å². The number of carboxylic acid groups (broad SMARTS) is 1. The minimum absolute atomic E-state index is 0.133. The Hall–Kier alpha value is -3.57. The van der Waals surface area contributed by atoms with Gasteiger partial charge in [-0.1, -0.05) is 13.0 Å². The molecule has 0 amide bonds. The van der Waals surface area contributed by atoms with Gasteiger partial charge in [0, 0.05) is 53.6 Å². The summed E-state index contributed by atoms with van der Waals surface area (Å²) >= 11 is 0. The van der Waals surface area contributed by atoms with Gasteiger partial charge in [-0.05, 0) is 81.7 Å². The molecule has 10 heteroatoms. The number of nitrogens with zero attached hydrogens (tertiary/aromatic N) is 1.